The van der Waals surface area contributed by atoms with E-state index in [0.717, 1.165) is 11.4 Å². The monoisotopic (exact) mass is 400 g/mol. The van der Waals surface area contributed by atoms with E-state index in [0.29, 0.717) is 18.4 Å². The summed E-state index contributed by atoms with van der Waals surface area (Å²) in [6.07, 6.45) is 1.89. The van der Waals surface area contributed by atoms with Crippen LogP contribution >= 0.6 is 33.2 Å². The van der Waals surface area contributed by atoms with Crippen molar-refractivity contribution in [3.63, 3.8) is 0 Å². The molecular formula is C18H23Cl3N2Si. The summed E-state index contributed by atoms with van der Waals surface area (Å²) in [5.74, 6) is 0.710. The van der Waals surface area contributed by atoms with E-state index >= 15 is 0 Å². The molecule has 6 heteroatoms. The van der Waals surface area contributed by atoms with Crippen LogP contribution in [0.25, 0.3) is 0 Å². The first kappa shape index (κ1) is 18.1. The van der Waals surface area contributed by atoms with Gasteiger partial charge in [0.25, 0.3) is 0 Å². The van der Waals surface area contributed by atoms with Gasteiger partial charge >= 0.3 is 159 Å². The summed E-state index contributed by atoms with van der Waals surface area (Å²) in [5, 5.41) is 0. The molecule has 0 fully saturated rings. The molecule has 0 saturated carbocycles. The Morgan fingerprint density at radius 2 is 1.50 bits per heavy atom. The van der Waals surface area contributed by atoms with Crippen molar-refractivity contribution in [3.05, 3.63) is 59.4 Å². The van der Waals surface area contributed by atoms with E-state index in [1.807, 2.05) is 28.6 Å². The first-order valence-electron chi connectivity index (χ1n) is 8.31. The number of fused-ring (bicyclic) bond motifs is 1. The molecule has 130 valence electrons. The quantitative estimate of drug-likeness (QED) is 0.473. The number of aromatic nitrogens is 1. The van der Waals surface area contributed by atoms with Gasteiger partial charge in [0.2, 0.25) is 0 Å². The van der Waals surface area contributed by atoms with Gasteiger partial charge in [-0.2, -0.15) is 0 Å². The second-order valence-electron chi connectivity index (χ2n) is 7.06. The third-order valence-electron chi connectivity index (χ3n) is 4.68. The first-order valence-corrected chi connectivity index (χ1v) is 13.7. The standard InChI is InChI=1S/C18H23Cl3N2Si/c1-13(2)16-9-7-10-17(14(3)4)18(16)23-12-15-8-5-6-11-22(15)24(23,19,20)21/h5-11,13-14H,12H2,1-4H3. The number of para-hydroxylation sites is 1. The van der Waals surface area contributed by atoms with E-state index in [9.17, 15) is 0 Å². The average Bonchev–Trinajstić information content (AvgIpc) is 2.73. The van der Waals surface area contributed by atoms with Crippen LogP contribution in [0.3, 0.4) is 0 Å². The molecule has 2 nitrogen and oxygen atoms in total. The topological polar surface area (TPSA) is 7.12 Å². The van der Waals surface area contributed by atoms with E-state index in [2.05, 4.69) is 50.5 Å². The Labute approximate surface area is 158 Å². The normalized spacial score (nSPS) is 20.0. The van der Waals surface area contributed by atoms with E-state index in [4.69, 9.17) is 33.2 Å². The number of nitrogens with zero attached hydrogens (tertiary/aromatic N) is 2. The van der Waals surface area contributed by atoms with Crippen LogP contribution in [0, 0.1) is 0 Å². The van der Waals surface area contributed by atoms with E-state index < -0.39 is 5.60 Å². The fourth-order valence-corrected chi connectivity index (χ4v) is 8.44. The molecule has 24 heavy (non-hydrogen) atoms. The Balaban J connectivity index is 2.28. The molecule has 2 aromatic rings. The number of hydrogen-bond acceptors (Lipinski definition) is 1. The molecule has 0 atom stereocenters. The third-order valence-corrected chi connectivity index (χ3v) is 10.6. The van der Waals surface area contributed by atoms with Crippen molar-refractivity contribution in [2.24, 2.45) is 0 Å². The van der Waals surface area contributed by atoms with Gasteiger partial charge in [-0.15, -0.1) is 0 Å². The maximum atomic E-state index is 6.98. The average molecular weight is 402 g/mol. The molecule has 0 spiro atoms. The Hall–Kier alpha value is -0.743. The summed E-state index contributed by atoms with van der Waals surface area (Å²) < 4.78 is 3.94. The second kappa shape index (κ2) is 5.91. The maximum absolute atomic E-state index is 6.98. The molecular weight excluding hydrogens is 379 g/mol. The number of rotatable bonds is 3. The van der Waals surface area contributed by atoms with Gasteiger partial charge < -0.3 is 0 Å². The van der Waals surface area contributed by atoms with Crippen molar-refractivity contribution in [1.29, 1.82) is 0 Å². The van der Waals surface area contributed by atoms with Crippen LogP contribution in [0.15, 0.2) is 42.6 Å². The number of benzene rings is 1. The molecule has 0 aliphatic carbocycles. The van der Waals surface area contributed by atoms with Crippen LogP contribution in [0.5, 0.6) is 0 Å². The molecule has 0 radical (unpaired) electrons. The molecule has 1 aromatic heterocycles. The third kappa shape index (κ3) is 2.76. The van der Waals surface area contributed by atoms with Crippen LogP contribution in [0.2, 0.25) is 0 Å². The molecule has 3 rings (SSSR count). The Kier molecular flexibility index (Phi) is 4.45. The van der Waals surface area contributed by atoms with E-state index in [1.165, 1.54) is 11.1 Å². The number of pyridine rings is 1. The summed E-state index contributed by atoms with van der Waals surface area (Å²) in [5.41, 5.74) is 0.502. The van der Waals surface area contributed by atoms with Gasteiger partial charge in [0, 0.05) is 0 Å². The van der Waals surface area contributed by atoms with Crippen molar-refractivity contribution in [2.75, 3.05) is 4.57 Å². The van der Waals surface area contributed by atoms with Crippen LogP contribution < -0.4 is 8.80 Å². The first-order chi connectivity index (χ1) is 11.1. The van der Waals surface area contributed by atoms with Crippen molar-refractivity contribution < 1.29 is 4.23 Å². The molecule has 0 bridgehead atoms. The molecule has 0 amide bonds. The summed E-state index contributed by atoms with van der Waals surface area (Å²) in [4.78, 5) is 0. The summed E-state index contributed by atoms with van der Waals surface area (Å²) >= 11 is 20.9. The molecule has 0 unspecified atom stereocenters. The van der Waals surface area contributed by atoms with Gasteiger partial charge in [-0.25, -0.2) is 0 Å². The van der Waals surface area contributed by atoms with Gasteiger partial charge in [-0.3, -0.25) is 0 Å². The van der Waals surface area contributed by atoms with Crippen molar-refractivity contribution in [2.45, 2.75) is 46.1 Å². The van der Waals surface area contributed by atoms with Crippen molar-refractivity contribution >= 4 is 44.5 Å². The fraction of sp³-hybridized carbons (Fsp3) is 0.389. The second-order valence-corrected chi connectivity index (χ2v) is 17.9. The minimum absolute atomic E-state index is 0.355. The van der Waals surface area contributed by atoms with Crippen molar-refractivity contribution in [3.8, 4) is 0 Å². The van der Waals surface area contributed by atoms with Crippen LogP contribution in [-0.2, 0) is 6.54 Å². The van der Waals surface area contributed by atoms with Gasteiger partial charge in [-0.1, -0.05) is 0 Å². The fourth-order valence-electron chi connectivity index (χ4n) is 3.45. The summed E-state index contributed by atoms with van der Waals surface area (Å²) in [7, 11) is 0. The number of halogens is 3. The molecule has 2 heterocycles. The van der Waals surface area contributed by atoms with Gasteiger partial charge in [-0.05, 0) is 0 Å². The molecule has 1 aliphatic heterocycles. The number of hydrogen-bond donors (Lipinski definition) is 0. The Morgan fingerprint density at radius 1 is 0.917 bits per heavy atom. The molecule has 1 aliphatic rings. The van der Waals surface area contributed by atoms with E-state index in [1.54, 1.807) is 0 Å². The predicted molar refractivity (Wildman–Crippen MR) is 106 cm³/mol. The van der Waals surface area contributed by atoms with Gasteiger partial charge in [0.1, 0.15) is 0 Å². The van der Waals surface area contributed by atoms with Gasteiger partial charge in [0.05, 0.1) is 0 Å². The molecule has 0 N–H and O–H groups in total. The zero-order chi connectivity index (χ0) is 17.7. The zero-order valence-electron chi connectivity index (χ0n) is 14.4. The van der Waals surface area contributed by atoms with Gasteiger partial charge in [0.15, 0.2) is 0 Å². The van der Waals surface area contributed by atoms with Crippen LogP contribution in [0.4, 0.5) is 5.69 Å². The molecule has 0 saturated heterocycles. The minimum atomic E-state index is -4.10. The van der Waals surface area contributed by atoms with Crippen molar-refractivity contribution in [1.82, 2.24) is 0 Å². The van der Waals surface area contributed by atoms with Crippen LogP contribution in [0.1, 0.15) is 56.4 Å². The van der Waals surface area contributed by atoms with Crippen LogP contribution in [-0.4, -0.2) is 5.60 Å². The predicted octanol–water partition coefficient (Wildman–Crippen LogP) is 5.69. The van der Waals surface area contributed by atoms with E-state index in [-0.39, 0.29) is 0 Å². The Bertz CT molecular complexity index is 755. The summed E-state index contributed by atoms with van der Waals surface area (Å²) in [6, 6.07) is 12.4. The summed E-state index contributed by atoms with van der Waals surface area (Å²) in [6.45, 7) is 9.37. The SMILES string of the molecule is CC(C)c1cccc(C(C)C)c1N1Cc2cccc[n+]2[Si-]1(Cl)(Cl)Cl. The molecule has 1 aromatic carbocycles. The zero-order valence-corrected chi connectivity index (χ0v) is 17.7. The Morgan fingerprint density at radius 3 is 2.00 bits per heavy atom. The number of anilines is 1.